The van der Waals surface area contributed by atoms with Crippen LogP contribution in [-0.2, 0) is 22.2 Å². The van der Waals surface area contributed by atoms with Crippen molar-refractivity contribution in [3.05, 3.63) is 53.3 Å². The lowest BCUT2D eigenvalue weighted by Crippen LogP contribution is -2.21. The van der Waals surface area contributed by atoms with Gasteiger partial charge in [0.05, 0.1) is 5.75 Å². The lowest BCUT2D eigenvalue weighted by Gasteiger charge is -2.24. The van der Waals surface area contributed by atoms with Crippen LogP contribution in [0.4, 0.5) is 0 Å². The van der Waals surface area contributed by atoms with E-state index in [0.29, 0.717) is 16.8 Å². The van der Waals surface area contributed by atoms with Gasteiger partial charge in [0.25, 0.3) is 10.0 Å². The van der Waals surface area contributed by atoms with E-state index in [1.54, 1.807) is 12.1 Å². The molecule has 0 bridgehead atoms. The van der Waals surface area contributed by atoms with E-state index in [1.807, 2.05) is 11.8 Å². The predicted molar refractivity (Wildman–Crippen MR) is 93.0 cm³/mol. The van der Waals surface area contributed by atoms with Gasteiger partial charge in [0.2, 0.25) is 5.09 Å². The topological polar surface area (TPSA) is 50.5 Å². The highest BCUT2D eigenvalue weighted by atomic mass is 32.2. The summed E-state index contributed by atoms with van der Waals surface area (Å²) >= 11 is 1.82. The highest BCUT2D eigenvalue weighted by Gasteiger charge is 2.23. The third kappa shape index (κ3) is 3.49. The molecular weight excluding hydrogens is 330 g/mol. The summed E-state index contributed by atoms with van der Waals surface area (Å²) < 4.78 is 30.8. The third-order valence-corrected chi connectivity index (χ3v) is 7.15. The minimum absolute atomic E-state index is 0.0159. The number of nitrogens with zero attached hydrogens (tertiary/aromatic N) is 1. The van der Waals surface area contributed by atoms with Crippen LogP contribution in [0.15, 0.2) is 45.9 Å². The number of rotatable bonds is 5. The van der Waals surface area contributed by atoms with Crippen molar-refractivity contribution in [2.24, 2.45) is 0 Å². The second-order valence-electron chi connectivity index (χ2n) is 5.90. The van der Waals surface area contributed by atoms with Crippen molar-refractivity contribution in [2.45, 2.75) is 35.4 Å². The van der Waals surface area contributed by atoms with E-state index in [9.17, 15) is 8.42 Å². The van der Waals surface area contributed by atoms with Crippen molar-refractivity contribution in [3.63, 3.8) is 0 Å². The monoisotopic (exact) mass is 351 g/mol. The molecule has 0 N–H and O–H groups in total. The Morgan fingerprint density at radius 2 is 2.00 bits per heavy atom. The molecule has 3 rings (SSSR count). The summed E-state index contributed by atoms with van der Waals surface area (Å²) in [5.74, 6) is 1.39. The van der Waals surface area contributed by atoms with Crippen LogP contribution in [0.25, 0.3) is 0 Å². The minimum Gasteiger partial charge on any atom is -0.447 e. The fraction of sp³-hybridized carbons (Fsp3) is 0.412. The maximum absolute atomic E-state index is 12.0. The van der Waals surface area contributed by atoms with Gasteiger partial charge in [-0.15, -0.1) is 11.8 Å². The molecule has 0 saturated heterocycles. The van der Waals surface area contributed by atoms with E-state index < -0.39 is 10.0 Å². The molecule has 1 heterocycles. The van der Waals surface area contributed by atoms with Crippen LogP contribution in [0.5, 0.6) is 0 Å². The first kappa shape index (κ1) is 16.6. The summed E-state index contributed by atoms with van der Waals surface area (Å²) in [4.78, 5) is 0. The van der Waals surface area contributed by atoms with Gasteiger partial charge in [-0.1, -0.05) is 24.3 Å². The molecule has 23 heavy (non-hydrogen) atoms. The van der Waals surface area contributed by atoms with Crippen molar-refractivity contribution in [2.75, 3.05) is 14.1 Å². The molecule has 0 radical (unpaired) electrons. The summed E-state index contributed by atoms with van der Waals surface area (Å²) in [7, 11) is -0.480. The Hall–Kier alpha value is -1.24. The summed E-state index contributed by atoms with van der Waals surface area (Å²) in [6.45, 7) is 0. The Kier molecular flexibility index (Phi) is 4.85. The third-order valence-electron chi connectivity index (χ3n) is 4.11. The highest BCUT2D eigenvalue weighted by molar-refractivity contribution is 7.98. The summed E-state index contributed by atoms with van der Waals surface area (Å²) in [6.07, 6.45) is 3.51. The van der Waals surface area contributed by atoms with Crippen LogP contribution >= 0.6 is 11.8 Å². The van der Waals surface area contributed by atoms with Gasteiger partial charge in [-0.25, -0.2) is 12.7 Å². The first-order chi connectivity index (χ1) is 11.0. The zero-order valence-corrected chi connectivity index (χ0v) is 15.0. The highest BCUT2D eigenvalue weighted by Crippen LogP contribution is 2.41. The fourth-order valence-corrected chi connectivity index (χ4v) is 4.90. The molecule has 124 valence electrons. The summed E-state index contributed by atoms with van der Waals surface area (Å²) in [6, 6.07) is 11.9. The van der Waals surface area contributed by atoms with Crippen molar-refractivity contribution < 1.29 is 12.8 Å². The molecule has 1 unspecified atom stereocenters. The van der Waals surface area contributed by atoms with E-state index >= 15 is 0 Å². The molecule has 0 saturated carbocycles. The largest absolute Gasteiger partial charge is 0.447 e. The van der Waals surface area contributed by atoms with E-state index in [-0.39, 0.29) is 5.09 Å². The van der Waals surface area contributed by atoms with Gasteiger partial charge in [0, 0.05) is 19.3 Å². The molecule has 0 fully saturated rings. The summed E-state index contributed by atoms with van der Waals surface area (Å²) in [5.41, 5.74) is 2.85. The average molecular weight is 351 g/mol. The number of fused-ring (bicyclic) bond motifs is 1. The van der Waals surface area contributed by atoms with E-state index in [0.717, 1.165) is 12.8 Å². The van der Waals surface area contributed by atoms with E-state index in [4.69, 9.17) is 4.42 Å². The van der Waals surface area contributed by atoms with Gasteiger partial charge < -0.3 is 4.42 Å². The molecule has 1 aliphatic rings. The van der Waals surface area contributed by atoms with Crippen molar-refractivity contribution in [1.82, 2.24) is 4.31 Å². The molecule has 0 amide bonds. The van der Waals surface area contributed by atoms with Crippen LogP contribution in [-0.4, -0.2) is 26.8 Å². The van der Waals surface area contributed by atoms with Crippen LogP contribution in [0.3, 0.4) is 0 Å². The van der Waals surface area contributed by atoms with E-state index in [1.165, 1.54) is 35.9 Å². The summed E-state index contributed by atoms with van der Waals surface area (Å²) in [5, 5.41) is 0.473. The van der Waals surface area contributed by atoms with Gasteiger partial charge in [-0.2, -0.15) is 0 Å². The molecule has 1 aromatic carbocycles. The second-order valence-corrected chi connectivity index (χ2v) is 9.17. The quantitative estimate of drug-likeness (QED) is 0.821. The molecule has 0 aliphatic heterocycles. The molecule has 0 spiro atoms. The molecule has 2 aromatic rings. The lowest BCUT2D eigenvalue weighted by molar-refractivity contribution is 0.408. The maximum Gasteiger partial charge on any atom is 0.275 e. The SMILES string of the molecule is CN(C)S(=O)(=O)c1ccc(CSC2CCCc3ccccc32)o1. The number of aryl methyl sites for hydroxylation is 1. The minimum atomic E-state index is -3.49. The Labute approximate surface area is 141 Å². The maximum atomic E-state index is 12.0. The Morgan fingerprint density at radius 3 is 2.78 bits per heavy atom. The average Bonchev–Trinajstić information content (AvgIpc) is 3.02. The molecular formula is C17H21NO3S2. The lowest BCUT2D eigenvalue weighted by atomic mass is 9.91. The van der Waals surface area contributed by atoms with E-state index in [2.05, 4.69) is 24.3 Å². The van der Waals surface area contributed by atoms with Gasteiger partial charge in [0.1, 0.15) is 5.76 Å². The first-order valence-electron chi connectivity index (χ1n) is 7.69. The molecule has 1 aromatic heterocycles. The van der Waals surface area contributed by atoms with Crippen molar-refractivity contribution in [3.8, 4) is 0 Å². The Bertz CT molecular complexity index is 781. The zero-order chi connectivity index (χ0) is 16.4. The zero-order valence-electron chi connectivity index (χ0n) is 13.4. The van der Waals surface area contributed by atoms with Crippen molar-refractivity contribution in [1.29, 1.82) is 0 Å². The van der Waals surface area contributed by atoms with Gasteiger partial charge >= 0.3 is 0 Å². The van der Waals surface area contributed by atoms with Crippen LogP contribution in [0, 0.1) is 0 Å². The molecule has 1 atom stereocenters. The fourth-order valence-electron chi connectivity index (χ4n) is 2.82. The molecule has 1 aliphatic carbocycles. The second kappa shape index (κ2) is 6.71. The number of hydrogen-bond donors (Lipinski definition) is 0. The molecule has 6 heteroatoms. The Balaban J connectivity index is 1.70. The number of furan rings is 1. The van der Waals surface area contributed by atoms with Gasteiger partial charge in [0.15, 0.2) is 0 Å². The van der Waals surface area contributed by atoms with Crippen LogP contribution in [0.2, 0.25) is 0 Å². The van der Waals surface area contributed by atoms with Gasteiger partial charge in [-0.05, 0) is 42.5 Å². The normalized spacial score (nSPS) is 18.1. The first-order valence-corrected chi connectivity index (χ1v) is 10.2. The molecule has 4 nitrogen and oxygen atoms in total. The number of thioether (sulfide) groups is 1. The van der Waals surface area contributed by atoms with Gasteiger partial charge in [-0.3, -0.25) is 0 Å². The standard InChI is InChI=1S/C17H21NO3S2/c1-18(2)23(19,20)17-11-10-14(21-17)12-22-16-9-5-7-13-6-3-4-8-15(13)16/h3-4,6,8,10-11,16H,5,7,9,12H2,1-2H3. The van der Waals surface area contributed by atoms with Crippen LogP contribution in [0.1, 0.15) is 35.0 Å². The van der Waals surface area contributed by atoms with Crippen LogP contribution < -0.4 is 0 Å². The number of sulfonamides is 1. The van der Waals surface area contributed by atoms with Crippen molar-refractivity contribution >= 4 is 21.8 Å². The smallest absolute Gasteiger partial charge is 0.275 e. The number of hydrogen-bond acceptors (Lipinski definition) is 4. The number of benzene rings is 1. The predicted octanol–water partition coefficient (Wildman–Crippen LogP) is 3.84. The Morgan fingerprint density at radius 1 is 1.22 bits per heavy atom.